The standard InChI is InChI=1S/C12H15Br3ClO2PS/c1-2-3-8-17-19(20,18-9-12(13,14)15)11-7-5-4-6-10(11)16/h4-7H,2-3,8-9H2,1H3. The summed E-state index contributed by atoms with van der Waals surface area (Å²) >= 11 is 22.1. The van der Waals surface area contributed by atoms with Crippen LogP contribution in [0.2, 0.25) is 5.02 Å². The molecule has 8 heteroatoms. The molecule has 0 saturated heterocycles. The number of unbranched alkanes of at least 4 members (excludes halogenated alkanes) is 1. The van der Waals surface area contributed by atoms with Gasteiger partial charge in [0.2, 0.25) is 6.49 Å². The second-order valence-corrected chi connectivity index (χ2v) is 15.1. The lowest BCUT2D eigenvalue weighted by molar-refractivity contribution is 0.258. The fraction of sp³-hybridized carbons (Fsp3) is 0.500. The maximum Gasteiger partial charge on any atom is 0.221 e. The van der Waals surface area contributed by atoms with Crippen molar-refractivity contribution in [2.45, 2.75) is 21.9 Å². The molecule has 1 unspecified atom stereocenters. The number of hydrogen-bond donors (Lipinski definition) is 0. The van der Waals surface area contributed by atoms with E-state index in [0.717, 1.165) is 18.1 Å². The van der Waals surface area contributed by atoms with E-state index in [-0.39, 0.29) is 0 Å². The molecule has 1 atom stereocenters. The number of hydrogen-bond acceptors (Lipinski definition) is 3. The van der Waals surface area contributed by atoms with Crippen LogP contribution in [0.3, 0.4) is 0 Å². The highest BCUT2D eigenvalue weighted by Gasteiger charge is 2.29. The normalized spacial score (nSPS) is 15.1. The molecule has 1 aromatic rings. The topological polar surface area (TPSA) is 18.5 Å². The van der Waals surface area contributed by atoms with Crippen molar-refractivity contribution in [3.63, 3.8) is 0 Å². The van der Waals surface area contributed by atoms with Gasteiger partial charge in [-0.1, -0.05) is 84.9 Å². The van der Waals surface area contributed by atoms with Crippen LogP contribution in [0.25, 0.3) is 0 Å². The van der Waals surface area contributed by atoms with E-state index in [1.807, 2.05) is 18.2 Å². The number of benzene rings is 1. The van der Waals surface area contributed by atoms with Crippen molar-refractivity contribution in [1.82, 2.24) is 0 Å². The predicted molar refractivity (Wildman–Crippen MR) is 102 cm³/mol. The lowest BCUT2D eigenvalue weighted by Crippen LogP contribution is -2.17. The lowest BCUT2D eigenvalue weighted by atomic mass is 10.4. The molecule has 0 N–H and O–H groups in total. The average Bonchev–Trinajstić information content (AvgIpc) is 2.36. The van der Waals surface area contributed by atoms with Crippen molar-refractivity contribution in [3.05, 3.63) is 29.3 Å². The molecule has 0 heterocycles. The minimum Gasteiger partial charge on any atom is -0.326 e. The summed E-state index contributed by atoms with van der Waals surface area (Å²) in [6, 6.07) is 7.42. The minimum atomic E-state index is -2.62. The maximum absolute atomic E-state index is 6.24. The van der Waals surface area contributed by atoms with Gasteiger partial charge in [0.15, 0.2) is 2.14 Å². The molecule has 1 aromatic carbocycles. The van der Waals surface area contributed by atoms with Gasteiger partial charge in [-0.3, -0.25) is 0 Å². The first-order chi connectivity index (χ1) is 9.28. The molecule has 0 bridgehead atoms. The molecule has 2 nitrogen and oxygen atoms in total. The molecule has 0 spiro atoms. The van der Waals surface area contributed by atoms with Crippen molar-refractivity contribution in [3.8, 4) is 0 Å². The van der Waals surface area contributed by atoms with E-state index in [2.05, 4.69) is 54.7 Å². The molecule has 0 amide bonds. The highest BCUT2D eigenvalue weighted by Crippen LogP contribution is 2.51. The zero-order valence-corrected chi connectivity index (χ0v) is 18.0. The molecule has 0 radical (unpaired) electrons. The van der Waals surface area contributed by atoms with Crippen molar-refractivity contribution < 1.29 is 9.05 Å². The van der Waals surface area contributed by atoms with Crippen LogP contribution in [0.4, 0.5) is 0 Å². The third-order valence-corrected chi connectivity index (χ3v) is 6.65. The fourth-order valence-electron chi connectivity index (χ4n) is 1.34. The minimum absolute atomic E-state index is 0.307. The predicted octanol–water partition coefficient (Wildman–Crippen LogP) is 5.95. The van der Waals surface area contributed by atoms with Gasteiger partial charge in [-0.05, 0) is 30.4 Å². The van der Waals surface area contributed by atoms with Crippen LogP contribution in [0.5, 0.6) is 0 Å². The largest absolute Gasteiger partial charge is 0.326 e. The van der Waals surface area contributed by atoms with Gasteiger partial charge in [-0.2, -0.15) is 0 Å². The van der Waals surface area contributed by atoms with Gasteiger partial charge in [0.1, 0.15) is 0 Å². The molecule has 0 aromatic heterocycles. The van der Waals surface area contributed by atoms with Crippen molar-refractivity contribution in [2.24, 2.45) is 0 Å². The Kier molecular flexibility index (Phi) is 8.78. The Labute approximate surface area is 155 Å². The third kappa shape index (κ3) is 6.74. The van der Waals surface area contributed by atoms with Crippen LogP contribution in [0, 0.1) is 0 Å². The molecule has 0 aliphatic rings. The zero-order chi connectivity index (χ0) is 15.2. The van der Waals surface area contributed by atoms with Gasteiger partial charge in [-0.15, -0.1) is 0 Å². The highest BCUT2D eigenvalue weighted by atomic mass is 80.0. The van der Waals surface area contributed by atoms with Gasteiger partial charge in [0, 0.05) is 0 Å². The van der Waals surface area contributed by atoms with Gasteiger partial charge < -0.3 is 9.05 Å². The molecule has 20 heavy (non-hydrogen) atoms. The van der Waals surface area contributed by atoms with Crippen LogP contribution < -0.4 is 5.30 Å². The third-order valence-electron chi connectivity index (χ3n) is 2.30. The average molecular weight is 529 g/mol. The van der Waals surface area contributed by atoms with Crippen LogP contribution in [0.1, 0.15) is 19.8 Å². The number of rotatable bonds is 7. The molecule has 0 aliphatic carbocycles. The van der Waals surface area contributed by atoms with E-state index >= 15 is 0 Å². The molecular weight excluding hydrogens is 514 g/mol. The first kappa shape index (κ1) is 19.6. The molecular formula is C12H15Br3ClO2PS. The van der Waals surface area contributed by atoms with Crippen molar-refractivity contribution in [2.75, 3.05) is 13.2 Å². The van der Waals surface area contributed by atoms with Crippen LogP contribution >= 0.6 is 65.9 Å². The van der Waals surface area contributed by atoms with E-state index in [1.54, 1.807) is 6.07 Å². The Hall–Kier alpha value is 1.52. The van der Waals surface area contributed by atoms with Crippen LogP contribution in [0.15, 0.2) is 24.3 Å². The van der Waals surface area contributed by atoms with E-state index in [4.69, 9.17) is 32.5 Å². The monoisotopic (exact) mass is 526 g/mol. The summed E-state index contributed by atoms with van der Waals surface area (Å²) in [5.41, 5.74) is 0. The summed E-state index contributed by atoms with van der Waals surface area (Å²) in [5.74, 6) is 0. The van der Waals surface area contributed by atoms with E-state index in [9.17, 15) is 0 Å². The first-order valence-corrected chi connectivity index (χ1v) is 11.4. The van der Waals surface area contributed by atoms with Crippen molar-refractivity contribution >= 4 is 83.0 Å². The number of alkyl halides is 3. The SMILES string of the molecule is CCCCOP(=S)(OCC(Br)(Br)Br)c1ccccc1Cl. The summed E-state index contributed by atoms with van der Waals surface area (Å²) in [6.45, 7) is 0.352. The van der Waals surface area contributed by atoms with E-state index in [1.165, 1.54) is 0 Å². The van der Waals surface area contributed by atoms with Crippen LogP contribution in [-0.4, -0.2) is 15.4 Å². The molecule has 114 valence electrons. The fourth-order valence-corrected chi connectivity index (χ4v) is 5.38. The van der Waals surface area contributed by atoms with E-state index < -0.39 is 8.63 Å². The van der Waals surface area contributed by atoms with Crippen molar-refractivity contribution in [1.29, 1.82) is 0 Å². The summed E-state index contributed by atoms with van der Waals surface area (Å²) in [7, 11) is 0. The molecule has 0 fully saturated rings. The molecule has 0 saturated carbocycles. The Morgan fingerprint density at radius 2 is 1.90 bits per heavy atom. The summed E-state index contributed by atoms with van der Waals surface area (Å²) < 4.78 is 11.3. The molecule has 1 rings (SSSR count). The zero-order valence-electron chi connectivity index (χ0n) is 10.8. The summed E-state index contributed by atoms with van der Waals surface area (Å²) in [6.07, 6.45) is 1.98. The van der Waals surface area contributed by atoms with Gasteiger partial charge in [0.05, 0.1) is 23.5 Å². The number of halogens is 4. The van der Waals surface area contributed by atoms with E-state index in [0.29, 0.717) is 18.2 Å². The summed E-state index contributed by atoms with van der Waals surface area (Å²) in [4.78, 5) is 0. The Morgan fingerprint density at radius 3 is 2.45 bits per heavy atom. The Bertz CT molecular complexity index is 482. The Balaban J connectivity index is 2.95. The Morgan fingerprint density at radius 1 is 1.25 bits per heavy atom. The van der Waals surface area contributed by atoms with Crippen LogP contribution in [-0.2, 0) is 20.9 Å². The van der Waals surface area contributed by atoms with Gasteiger partial charge in [-0.25, -0.2) is 0 Å². The summed E-state index contributed by atoms with van der Waals surface area (Å²) in [5, 5.41) is 1.33. The second-order valence-electron chi connectivity index (χ2n) is 4.02. The lowest BCUT2D eigenvalue weighted by Gasteiger charge is -2.25. The van der Waals surface area contributed by atoms with Gasteiger partial charge >= 0.3 is 0 Å². The highest BCUT2D eigenvalue weighted by molar-refractivity contribution is 9.39. The second kappa shape index (κ2) is 8.97. The molecule has 0 aliphatic heterocycles. The first-order valence-electron chi connectivity index (χ1n) is 5.99. The smallest absolute Gasteiger partial charge is 0.221 e. The quantitative estimate of drug-likeness (QED) is 0.247. The van der Waals surface area contributed by atoms with Gasteiger partial charge in [0.25, 0.3) is 0 Å². The maximum atomic E-state index is 6.24.